The van der Waals surface area contributed by atoms with E-state index in [1.165, 1.54) is 18.4 Å². The lowest BCUT2D eigenvalue weighted by Crippen LogP contribution is -2.34. The van der Waals surface area contributed by atoms with Crippen molar-refractivity contribution in [1.29, 1.82) is 0 Å². The van der Waals surface area contributed by atoms with Gasteiger partial charge in [0.2, 0.25) is 0 Å². The molecule has 2 rings (SSSR count). The summed E-state index contributed by atoms with van der Waals surface area (Å²) in [4.78, 5) is 6.93. The third kappa shape index (κ3) is 3.30. The summed E-state index contributed by atoms with van der Waals surface area (Å²) in [5.41, 5.74) is 4.66. The van der Waals surface area contributed by atoms with E-state index in [0.29, 0.717) is 11.8 Å². The quantitative estimate of drug-likeness (QED) is 0.751. The molecule has 1 fully saturated rings. The van der Waals surface area contributed by atoms with E-state index in [2.05, 4.69) is 55.9 Å². The first-order chi connectivity index (χ1) is 9.49. The van der Waals surface area contributed by atoms with E-state index in [1.807, 2.05) is 6.20 Å². The Kier molecular flexibility index (Phi) is 4.64. The van der Waals surface area contributed by atoms with Gasteiger partial charge in [-0.3, -0.25) is 4.98 Å². The summed E-state index contributed by atoms with van der Waals surface area (Å²) in [5, 5.41) is 0. The Morgan fingerprint density at radius 2 is 2.10 bits per heavy atom. The number of aromatic nitrogens is 1. The molecule has 1 saturated heterocycles. The molecule has 0 bridgehead atoms. The number of pyridine rings is 1. The maximum absolute atomic E-state index is 4.54. The van der Waals surface area contributed by atoms with Gasteiger partial charge >= 0.3 is 0 Å². The Morgan fingerprint density at radius 1 is 1.35 bits per heavy atom. The second kappa shape index (κ2) is 6.25. The van der Waals surface area contributed by atoms with Crippen LogP contribution in [-0.4, -0.2) is 23.0 Å². The molecule has 0 aliphatic carbocycles. The van der Waals surface area contributed by atoms with Gasteiger partial charge in [-0.25, -0.2) is 0 Å². The fourth-order valence-corrected chi connectivity index (χ4v) is 2.72. The van der Waals surface area contributed by atoms with Crippen LogP contribution in [0.2, 0.25) is 0 Å². The van der Waals surface area contributed by atoms with Gasteiger partial charge in [-0.2, -0.15) is 0 Å². The van der Waals surface area contributed by atoms with Gasteiger partial charge in [0.25, 0.3) is 0 Å². The average Bonchev–Trinajstić information content (AvgIpc) is 2.46. The first kappa shape index (κ1) is 14.8. The van der Waals surface area contributed by atoms with Crippen molar-refractivity contribution < 1.29 is 0 Å². The molecular formula is C18H26N2. The van der Waals surface area contributed by atoms with Crippen molar-refractivity contribution in [2.75, 3.05) is 13.1 Å². The number of rotatable bonds is 4. The third-order valence-corrected chi connectivity index (χ3v) is 4.21. The topological polar surface area (TPSA) is 16.1 Å². The van der Waals surface area contributed by atoms with Crippen molar-refractivity contribution in [3.8, 4) is 0 Å². The van der Waals surface area contributed by atoms with E-state index >= 15 is 0 Å². The largest absolute Gasteiger partial charge is 0.371 e. The highest BCUT2D eigenvalue weighted by atomic mass is 15.1. The van der Waals surface area contributed by atoms with Gasteiger partial charge in [-0.15, -0.1) is 0 Å². The monoisotopic (exact) mass is 270 g/mol. The molecule has 20 heavy (non-hydrogen) atoms. The average molecular weight is 270 g/mol. The molecular weight excluding hydrogens is 244 g/mol. The van der Waals surface area contributed by atoms with Crippen LogP contribution in [0.25, 0.3) is 5.70 Å². The first-order valence-electron chi connectivity index (χ1n) is 7.54. The van der Waals surface area contributed by atoms with Crippen LogP contribution in [0.15, 0.2) is 37.1 Å². The van der Waals surface area contributed by atoms with Crippen LogP contribution in [0.5, 0.6) is 0 Å². The highest BCUT2D eigenvalue weighted by molar-refractivity contribution is 5.61. The second-order valence-corrected chi connectivity index (χ2v) is 6.20. The number of piperidine rings is 1. The van der Waals surface area contributed by atoms with Crippen molar-refractivity contribution in [1.82, 2.24) is 9.88 Å². The summed E-state index contributed by atoms with van der Waals surface area (Å²) in [5.74, 6) is 1.07. The lowest BCUT2D eigenvalue weighted by atomic mass is 9.91. The first-order valence-corrected chi connectivity index (χ1v) is 7.54. The van der Waals surface area contributed by atoms with E-state index in [4.69, 9.17) is 0 Å². The molecule has 108 valence electrons. The molecule has 1 aliphatic rings. The zero-order valence-corrected chi connectivity index (χ0v) is 13.0. The van der Waals surface area contributed by atoms with E-state index in [0.717, 1.165) is 30.0 Å². The van der Waals surface area contributed by atoms with Crippen LogP contribution < -0.4 is 0 Å². The minimum absolute atomic E-state index is 0.472. The standard InChI is InChI=1S/C18H26N2/c1-13(2)17-7-6-10-20(12-17)15(5)16-8-9-18(14(3)4)19-11-16/h8-9,11,14,17H,1,5-7,10,12H2,2-4H3. The molecule has 0 amide bonds. The van der Waals surface area contributed by atoms with E-state index in [-0.39, 0.29) is 0 Å². The number of hydrogen-bond acceptors (Lipinski definition) is 2. The van der Waals surface area contributed by atoms with E-state index in [9.17, 15) is 0 Å². The Morgan fingerprint density at radius 3 is 2.65 bits per heavy atom. The number of likely N-dealkylation sites (tertiary alicyclic amines) is 1. The minimum atomic E-state index is 0.472. The van der Waals surface area contributed by atoms with Crippen LogP contribution in [0, 0.1) is 5.92 Å². The molecule has 0 N–H and O–H groups in total. The molecule has 0 aromatic carbocycles. The fourth-order valence-electron chi connectivity index (χ4n) is 2.72. The van der Waals surface area contributed by atoms with Crippen molar-refractivity contribution in [2.24, 2.45) is 5.92 Å². The summed E-state index contributed by atoms with van der Waals surface area (Å²) in [7, 11) is 0. The van der Waals surface area contributed by atoms with Gasteiger partial charge in [0, 0.05) is 36.2 Å². The van der Waals surface area contributed by atoms with Crippen LogP contribution in [0.3, 0.4) is 0 Å². The third-order valence-electron chi connectivity index (χ3n) is 4.21. The summed E-state index contributed by atoms with van der Waals surface area (Å²) in [6.45, 7) is 17.0. The van der Waals surface area contributed by atoms with E-state index in [1.54, 1.807) is 0 Å². The lowest BCUT2D eigenvalue weighted by Gasteiger charge is -2.36. The molecule has 1 atom stereocenters. The SMILES string of the molecule is C=C(C)C1CCCN(C(=C)c2ccc(C(C)C)nc2)C1. The molecule has 1 aromatic rings. The highest BCUT2D eigenvalue weighted by Crippen LogP contribution is 2.28. The van der Waals surface area contributed by atoms with Crippen molar-refractivity contribution in [3.63, 3.8) is 0 Å². The Bertz CT molecular complexity index is 485. The Hall–Kier alpha value is -1.57. The maximum Gasteiger partial charge on any atom is 0.0429 e. The number of nitrogens with zero attached hydrogens (tertiary/aromatic N) is 2. The Labute approximate surface area is 123 Å². The lowest BCUT2D eigenvalue weighted by molar-refractivity contribution is 0.272. The van der Waals surface area contributed by atoms with Gasteiger partial charge in [0.15, 0.2) is 0 Å². The van der Waals surface area contributed by atoms with Crippen molar-refractivity contribution in [3.05, 3.63) is 48.3 Å². The van der Waals surface area contributed by atoms with Gasteiger partial charge in [-0.05, 0) is 43.7 Å². The molecule has 2 nitrogen and oxygen atoms in total. The molecule has 1 unspecified atom stereocenters. The van der Waals surface area contributed by atoms with Crippen LogP contribution >= 0.6 is 0 Å². The highest BCUT2D eigenvalue weighted by Gasteiger charge is 2.21. The van der Waals surface area contributed by atoms with Gasteiger partial charge < -0.3 is 4.90 Å². The predicted octanol–water partition coefficient (Wildman–Crippen LogP) is 4.46. The smallest absolute Gasteiger partial charge is 0.0429 e. The summed E-state index contributed by atoms with van der Waals surface area (Å²) in [6.07, 6.45) is 4.43. The predicted molar refractivity (Wildman–Crippen MR) is 86.5 cm³/mol. The second-order valence-electron chi connectivity index (χ2n) is 6.20. The van der Waals surface area contributed by atoms with Crippen molar-refractivity contribution >= 4 is 5.70 Å². The zero-order chi connectivity index (χ0) is 14.7. The van der Waals surface area contributed by atoms with Gasteiger partial charge in [0.05, 0.1) is 0 Å². The van der Waals surface area contributed by atoms with E-state index < -0.39 is 0 Å². The van der Waals surface area contributed by atoms with Crippen molar-refractivity contribution in [2.45, 2.75) is 39.5 Å². The summed E-state index contributed by atoms with van der Waals surface area (Å²) < 4.78 is 0. The molecule has 1 aliphatic heterocycles. The minimum Gasteiger partial charge on any atom is -0.371 e. The molecule has 2 heteroatoms. The number of hydrogen-bond donors (Lipinski definition) is 0. The molecule has 0 saturated carbocycles. The van der Waals surface area contributed by atoms with Gasteiger partial charge in [0.1, 0.15) is 0 Å². The fraction of sp³-hybridized carbons (Fsp3) is 0.500. The zero-order valence-electron chi connectivity index (χ0n) is 13.0. The Balaban J connectivity index is 2.08. The normalized spacial score (nSPS) is 19.2. The van der Waals surface area contributed by atoms with Gasteiger partial charge in [-0.1, -0.05) is 32.6 Å². The molecule has 0 spiro atoms. The molecule has 1 aromatic heterocycles. The summed E-state index contributed by atoms with van der Waals surface area (Å²) in [6, 6.07) is 4.26. The molecule has 0 radical (unpaired) electrons. The van der Waals surface area contributed by atoms with Crippen LogP contribution in [0.4, 0.5) is 0 Å². The van der Waals surface area contributed by atoms with Crippen LogP contribution in [0.1, 0.15) is 50.8 Å². The maximum atomic E-state index is 4.54. The van der Waals surface area contributed by atoms with Crippen LogP contribution in [-0.2, 0) is 0 Å². The molecule has 2 heterocycles. The summed E-state index contributed by atoms with van der Waals surface area (Å²) >= 11 is 0.